The second kappa shape index (κ2) is 6.81. The van der Waals surface area contributed by atoms with E-state index in [1.54, 1.807) is 12.1 Å². The molecule has 7 heteroatoms. The Bertz CT molecular complexity index is 714. The quantitative estimate of drug-likeness (QED) is 0.776. The molecule has 0 spiro atoms. The average molecular weight is 436 g/mol. The van der Waals surface area contributed by atoms with Crippen LogP contribution in [0.3, 0.4) is 0 Å². The largest absolute Gasteiger partial charge is 0.478 e. The molecule has 3 nitrogen and oxygen atoms in total. The highest BCUT2D eigenvalue weighted by atomic mass is 79.9. The second-order valence-electron chi connectivity index (χ2n) is 4.21. The molecule has 0 aliphatic carbocycles. The lowest BCUT2D eigenvalue weighted by atomic mass is 10.2. The highest BCUT2D eigenvalue weighted by Gasteiger charge is 2.16. The molecule has 1 atom stereocenters. The number of hydrogen-bond acceptors (Lipinski definition) is 2. The summed E-state index contributed by atoms with van der Waals surface area (Å²) in [4.78, 5) is 11.4. The number of aromatic carboxylic acids is 1. The molecule has 1 unspecified atom stereocenters. The molecule has 1 N–H and O–H groups in total. The highest BCUT2D eigenvalue weighted by Crippen LogP contribution is 2.23. The summed E-state index contributed by atoms with van der Waals surface area (Å²) in [7, 11) is -1.59. The predicted octanol–water partition coefficient (Wildman–Crippen LogP) is 4.36. The van der Waals surface area contributed by atoms with E-state index in [4.69, 9.17) is 5.11 Å². The number of halogens is 3. The lowest BCUT2D eigenvalue weighted by Crippen LogP contribution is -2.06. The number of benzene rings is 2. The smallest absolute Gasteiger partial charge is 0.336 e. The van der Waals surface area contributed by atoms with Gasteiger partial charge in [-0.3, -0.25) is 4.21 Å². The number of carboxylic acids is 1. The van der Waals surface area contributed by atoms with Crippen LogP contribution in [0.5, 0.6) is 0 Å². The Morgan fingerprint density at radius 3 is 2.48 bits per heavy atom. The van der Waals surface area contributed by atoms with Crippen LogP contribution in [-0.4, -0.2) is 15.3 Å². The summed E-state index contributed by atoms with van der Waals surface area (Å²) < 4.78 is 26.9. The molecule has 2 aromatic rings. The van der Waals surface area contributed by atoms with Gasteiger partial charge in [0.05, 0.1) is 27.0 Å². The highest BCUT2D eigenvalue weighted by molar-refractivity contribution is 9.10. The predicted molar refractivity (Wildman–Crippen MR) is 85.3 cm³/mol. The molecule has 2 rings (SSSR count). The molecule has 0 aliphatic rings. The van der Waals surface area contributed by atoms with Crippen LogP contribution in [0.25, 0.3) is 0 Å². The van der Waals surface area contributed by atoms with Crippen molar-refractivity contribution < 1.29 is 18.5 Å². The van der Waals surface area contributed by atoms with Crippen molar-refractivity contribution >= 4 is 48.6 Å². The van der Waals surface area contributed by atoms with Gasteiger partial charge in [-0.15, -0.1) is 0 Å². The van der Waals surface area contributed by atoms with E-state index in [2.05, 4.69) is 31.9 Å². The fraction of sp³-hybridized carbons (Fsp3) is 0.0714. The number of hydrogen-bond donors (Lipinski definition) is 1. The molecule has 0 saturated heterocycles. The van der Waals surface area contributed by atoms with E-state index in [9.17, 15) is 13.4 Å². The monoisotopic (exact) mass is 434 g/mol. The Balaban J connectivity index is 2.36. The molecule has 0 fully saturated rings. The zero-order valence-electron chi connectivity index (χ0n) is 10.5. The third kappa shape index (κ3) is 4.21. The van der Waals surface area contributed by atoms with Crippen LogP contribution in [0.15, 0.2) is 50.2 Å². The van der Waals surface area contributed by atoms with Crippen molar-refractivity contribution in [3.63, 3.8) is 0 Å². The van der Waals surface area contributed by atoms with Crippen LogP contribution in [0.4, 0.5) is 4.39 Å². The summed E-state index contributed by atoms with van der Waals surface area (Å²) in [5, 5.41) is 9.14. The number of carboxylic acid groups (broad SMARTS) is 1. The summed E-state index contributed by atoms with van der Waals surface area (Å²) in [6, 6.07) is 8.70. The molecule has 0 aliphatic heterocycles. The third-order valence-electron chi connectivity index (χ3n) is 2.64. The van der Waals surface area contributed by atoms with Crippen LogP contribution >= 0.6 is 31.9 Å². The molecular formula is C14H9Br2FO3S. The van der Waals surface area contributed by atoms with Crippen molar-refractivity contribution in [3.8, 4) is 0 Å². The van der Waals surface area contributed by atoms with Crippen molar-refractivity contribution in [2.45, 2.75) is 10.6 Å². The average Bonchev–Trinajstić information content (AvgIpc) is 2.36. The van der Waals surface area contributed by atoms with Crippen molar-refractivity contribution in [1.29, 1.82) is 0 Å². The van der Waals surface area contributed by atoms with Crippen LogP contribution in [0, 0.1) is 5.82 Å². The molecule has 0 amide bonds. The standard InChI is InChI=1S/C14H9Br2FO3S/c15-9-1-2-12(14(18)19)13(6-9)21(20)7-8-3-10(16)5-11(17)4-8/h1-6H,7H2,(H,18,19). The second-order valence-corrected chi connectivity index (χ2v) is 7.46. The van der Waals surface area contributed by atoms with Gasteiger partial charge in [-0.25, -0.2) is 9.18 Å². The van der Waals surface area contributed by atoms with Gasteiger partial charge in [0.15, 0.2) is 0 Å². The van der Waals surface area contributed by atoms with Gasteiger partial charge in [0.1, 0.15) is 5.82 Å². The maximum Gasteiger partial charge on any atom is 0.336 e. The van der Waals surface area contributed by atoms with E-state index < -0.39 is 22.6 Å². The molecule has 21 heavy (non-hydrogen) atoms. The Labute approximate surface area is 139 Å². The minimum absolute atomic E-state index is 0.0213. The first kappa shape index (κ1) is 16.3. The fourth-order valence-electron chi connectivity index (χ4n) is 1.78. The first-order valence-electron chi connectivity index (χ1n) is 5.73. The SMILES string of the molecule is O=C(O)c1ccc(Br)cc1S(=O)Cc1cc(F)cc(Br)c1. The summed E-state index contributed by atoms with van der Waals surface area (Å²) in [5.41, 5.74) is 0.503. The van der Waals surface area contributed by atoms with E-state index in [0.29, 0.717) is 14.5 Å². The van der Waals surface area contributed by atoms with Gasteiger partial charge in [-0.05, 0) is 42.0 Å². The minimum atomic E-state index is -1.59. The number of rotatable bonds is 4. The summed E-state index contributed by atoms with van der Waals surface area (Å²) >= 11 is 6.40. The summed E-state index contributed by atoms with van der Waals surface area (Å²) in [5.74, 6) is -1.55. The lowest BCUT2D eigenvalue weighted by Gasteiger charge is -2.08. The van der Waals surface area contributed by atoms with Crippen LogP contribution in [0.1, 0.15) is 15.9 Å². The van der Waals surface area contributed by atoms with Crippen LogP contribution in [0.2, 0.25) is 0 Å². The Hall–Kier alpha value is -1.05. The van der Waals surface area contributed by atoms with Gasteiger partial charge >= 0.3 is 5.97 Å². The van der Waals surface area contributed by atoms with Crippen molar-refractivity contribution in [2.75, 3.05) is 0 Å². The van der Waals surface area contributed by atoms with Gasteiger partial charge < -0.3 is 5.11 Å². The topological polar surface area (TPSA) is 54.4 Å². The van der Waals surface area contributed by atoms with Gasteiger partial charge in [0, 0.05) is 8.95 Å². The van der Waals surface area contributed by atoms with Crippen LogP contribution in [-0.2, 0) is 16.6 Å². The van der Waals surface area contributed by atoms with Crippen LogP contribution < -0.4 is 0 Å². The zero-order chi connectivity index (χ0) is 15.6. The maximum atomic E-state index is 13.3. The Morgan fingerprint density at radius 1 is 1.14 bits per heavy atom. The van der Waals surface area contributed by atoms with E-state index in [1.165, 1.54) is 24.3 Å². The van der Waals surface area contributed by atoms with Crippen molar-refractivity contribution in [1.82, 2.24) is 0 Å². The van der Waals surface area contributed by atoms with Crippen molar-refractivity contribution in [3.05, 3.63) is 62.3 Å². The molecular weight excluding hydrogens is 427 g/mol. The molecule has 0 saturated carbocycles. The van der Waals surface area contributed by atoms with Gasteiger partial charge in [0.25, 0.3) is 0 Å². The first-order chi connectivity index (χ1) is 9.86. The molecule has 0 aromatic heterocycles. The van der Waals surface area contributed by atoms with E-state index in [0.717, 1.165) is 0 Å². The van der Waals surface area contributed by atoms with Gasteiger partial charge in [-0.1, -0.05) is 31.9 Å². The third-order valence-corrected chi connectivity index (χ3v) is 5.01. The number of carbonyl (C=O) groups is 1. The van der Waals surface area contributed by atoms with Crippen molar-refractivity contribution in [2.24, 2.45) is 0 Å². The first-order valence-corrected chi connectivity index (χ1v) is 8.63. The van der Waals surface area contributed by atoms with Gasteiger partial charge in [0.2, 0.25) is 0 Å². The Kier molecular flexibility index (Phi) is 5.29. The molecule has 110 valence electrons. The molecule has 0 heterocycles. The molecule has 0 radical (unpaired) electrons. The minimum Gasteiger partial charge on any atom is -0.478 e. The lowest BCUT2D eigenvalue weighted by molar-refractivity contribution is 0.0693. The van der Waals surface area contributed by atoms with Gasteiger partial charge in [-0.2, -0.15) is 0 Å². The zero-order valence-corrected chi connectivity index (χ0v) is 14.5. The molecule has 0 bridgehead atoms. The summed E-state index contributed by atoms with van der Waals surface area (Å²) in [6.07, 6.45) is 0. The van der Waals surface area contributed by atoms with E-state index >= 15 is 0 Å². The van der Waals surface area contributed by atoms with E-state index in [1.807, 2.05) is 0 Å². The Morgan fingerprint density at radius 2 is 1.86 bits per heavy atom. The molecule has 2 aromatic carbocycles. The van der Waals surface area contributed by atoms with E-state index in [-0.39, 0.29) is 16.2 Å². The fourth-order valence-corrected chi connectivity index (χ4v) is 4.09. The normalized spacial score (nSPS) is 12.1. The maximum absolute atomic E-state index is 13.3. The summed E-state index contributed by atoms with van der Waals surface area (Å²) in [6.45, 7) is 0.